The third-order valence-corrected chi connectivity index (χ3v) is 6.24. The van der Waals surface area contributed by atoms with E-state index in [1.54, 1.807) is 36.4 Å². The summed E-state index contributed by atoms with van der Waals surface area (Å²) in [5.74, 6) is -0.197. The summed E-state index contributed by atoms with van der Waals surface area (Å²) < 4.78 is 1.49. The lowest BCUT2D eigenvalue weighted by molar-refractivity contribution is 0.0560. The van der Waals surface area contributed by atoms with Crippen molar-refractivity contribution in [3.63, 3.8) is 0 Å². The molecule has 1 aliphatic rings. The van der Waals surface area contributed by atoms with Crippen LogP contribution in [0.4, 0.5) is 11.6 Å². The molecule has 0 atom stereocenters. The summed E-state index contributed by atoms with van der Waals surface area (Å²) in [7, 11) is 0. The molecule has 1 fully saturated rings. The fourth-order valence-corrected chi connectivity index (χ4v) is 4.17. The molecule has 36 heavy (non-hydrogen) atoms. The van der Waals surface area contributed by atoms with Gasteiger partial charge in [-0.25, -0.2) is 9.67 Å². The van der Waals surface area contributed by atoms with E-state index >= 15 is 0 Å². The number of hydrogen-bond acceptors (Lipinski definition) is 6. The summed E-state index contributed by atoms with van der Waals surface area (Å²) in [6.07, 6.45) is 0.617. The van der Waals surface area contributed by atoms with Gasteiger partial charge in [0.25, 0.3) is 11.8 Å². The normalized spacial score (nSPS) is 16.7. The van der Waals surface area contributed by atoms with Crippen molar-refractivity contribution in [1.29, 1.82) is 0 Å². The van der Waals surface area contributed by atoms with Crippen molar-refractivity contribution in [3.05, 3.63) is 89.1 Å². The van der Waals surface area contributed by atoms with Crippen LogP contribution in [-0.2, 0) is 0 Å². The molecule has 0 unspecified atom stereocenters. The first-order valence-corrected chi connectivity index (χ1v) is 11.7. The molecule has 2 heterocycles. The molecule has 10 heteroatoms. The van der Waals surface area contributed by atoms with Gasteiger partial charge in [0.15, 0.2) is 5.69 Å². The molecular formula is C26H23ClN6O3. The Balaban J connectivity index is 1.45. The predicted octanol–water partition coefficient (Wildman–Crippen LogP) is 3.68. The zero-order valence-electron chi connectivity index (χ0n) is 19.1. The maximum Gasteiger partial charge on any atom is 0.272 e. The van der Waals surface area contributed by atoms with Gasteiger partial charge in [-0.05, 0) is 49.2 Å². The molecule has 182 valence electrons. The highest BCUT2D eigenvalue weighted by Crippen LogP contribution is 2.27. The van der Waals surface area contributed by atoms with E-state index in [9.17, 15) is 14.7 Å². The van der Waals surface area contributed by atoms with E-state index < -0.39 is 12.0 Å². The lowest BCUT2D eigenvalue weighted by Crippen LogP contribution is -2.46. The molecule has 4 aromatic rings. The second kappa shape index (κ2) is 9.80. The van der Waals surface area contributed by atoms with Crippen molar-refractivity contribution < 1.29 is 14.7 Å². The van der Waals surface area contributed by atoms with Crippen molar-refractivity contribution in [3.8, 4) is 16.9 Å². The second-order valence-electron chi connectivity index (χ2n) is 8.55. The van der Waals surface area contributed by atoms with Gasteiger partial charge in [-0.3, -0.25) is 9.59 Å². The number of pyridine rings is 1. The van der Waals surface area contributed by atoms with Gasteiger partial charge in [-0.15, -0.1) is 0 Å². The van der Waals surface area contributed by atoms with Gasteiger partial charge in [0.1, 0.15) is 11.6 Å². The number of amides is 2. The van der Waals surface area contributed by atoms with Crippen LogP contribution in [-0.4, -0.2) is 43.8 Å². The van der Waals surface area contributed by atoms with Crippen LogP contribution in [0.1, 0.15) is 33.7 Å². The lowest BCUT2D eigenvalue weighted by atomic mass is 9.89. The number of hydrogen-bond donors (Lipinski definition) is 4. The van der Waals surface area contributed by atoms with Crippen LogP contribution < -0.4 is 16.4 Å². The SMILES string of the molecule is Nc1cccc(-c2ccc(Cl)c(C(=O)Nc3cc(C(=O)NC4CC(O)C4)nn3-c3ccccc3)c2)n1. The van der Waals surface area contributed by atoms with Crippen LogP contribution in [0.15, 0.2) is 72.8 Å². The number of nitrogens with zero attached hydrogens (tertiary/aromatic N) is 3. The van der Waals surface area contributed by atoms with E-state index in [0.717, 1.165) is 0 Å². The molecule has 0 aliphatic heterocycles. The maximum atomic E-state index is 13.3. The smallest absolute Gasteiger partial charge is 0.272 e. The van der Waals surface area contributed by atoms with Crippen molar-refractivity contribution >= 4 is 35.1 Å². The Labute approximate surface area is 211 Å². The number of aliphatic hydroxyl groups excluding tert-OH is 1. The summed E-state index contributed by atoms with van der Waals surface area (Å²) in [5, 5.41) is 19.9. The van der Waals surface area contributed by atoms with Crippen LogP contribution in [0.3, 0.4) is 0 Å². The highest BCUT2D eigenvalue weighted by atomic mass is 35.5. The van der Waals surface area contributed by atoms with Crippen LogP contribution in [0.2, 0.25) is 5.02 Å². The summed E-state index contributed by atoms with van der Waals surface area (Å²) in [6.45, 7) is 0. The fourth-order valence-electron chi connectivity index (χ4n) is 3.97. The first-order valence-electron chi connectivity index (χ1n) is 11.4. The van der Waals surface area contributed by atoms with E-state index in [1.165, 1.54) is 10.7 Å². The molecule has 2 amide bonds. The first kappa shape index (κ1) is 23.5. The number of aliphatic hydroxyl groups is 1. The van der Waals surface area contributed by atoms with Gasteiger partial charge in [-0.2, -0.15) is 5.10 Å². The number of anilines is 2. The van der Waals surface area contributed by atoms with E-state index in [0.29, 0.717) is 41.4 Å². The zero-order chi connectivity index (χ0) is 25.2. The quantitative estimate of drug-likeness (QED) is 0.317. The van der Waals surface area contributed by atoms with Crippen LogP contribution in [0.5, 0.6) is 0 Å². The third kappa shape index (κ3) is 4.93. The molecule has 5 N–H and O–H groups in total. The van der Waals surface area contributed by atoms with Crippen LogP contribution in [0.25, 0.3) is 16.9 Å². The first-order chi connectivity index (χ1) is 17.4. The fraction of sp³-hybridized carbons (Fsp3) is 0.154. The summed E-state index contributed by atoms with van der Waals surface area (Å²) in [5.41, 5.74) is 8.12. The van der Waals surface area contributed by atoms with Gasteiger partial charge in [0, 0.05) is 17.7 Å². The number of benzene rings is 2. The second-order valence-corrected chi connectivity index (χ2v) is 8.96. The highest BCUT2D eigenvalue weighted by molar-refractivity contribution is 6.34. The number of carbonyl (C=O) groups excluding carboxylic acids is 2. The number of para-hydroxylation sites is 1. The monoisotopic (exact) mass is 502 g/mol. The number of halogens is 1. The summed E-state index contributed by atoms with van der Waals surface area (Å²) in [4.78, 5) is 30.4. The Morgan fingerprint density at radius 3 is 2.50 bits per heavy atom. The Morgan fingerprint density at radius 2 is 1.78 bits per heavy atom. The predicted molar refractivity (Wildman–Crippen MR) is 137 cm³/mol. The average Bonchev–Trinajstić information content (AvgIpc) is 3.27. The highest BCUT2D eigenvalue weighted by Gasteiger charge is 2.29. The van der Waals surface area contributed by atoms with Gasteiger partial charge in [0.05, 0.1) is 28.1 Å². The molecule has 1 aliphatic carbocycles. The third-order valence-electron chi connectivity index (χ3n) is 5.91. The van der Waals surface area contributed by atoms with E-state index in [2.05, 4.69) is 20.7 Å². The molecule has 0 spiro atoms. The molecule has 2 aromatic heterocycles. The minimum atomic E-state index is -0.475. The molecule has 0 bridgehead atoms. The van der Waals surface area contributed by atoms with Crippen LogP contribution in [0, 0.1) is 0 Å². The Hall–Kier alpha value is -4.21. The van der Waals surface area contributed by atoms with Crippen molar-refractivity contribution in [1.82, 2.24) is 20.1 Å². The van der Waals surface area contributed by atoms with Gasteiger partial charge >= 0.3 is 0 Å². The van der Waals surface area contributed by atoms with Gasteiger partial charge in [0.2, 0.25) is 0 Å². The Kier molecular flexibility index (Phi) is 6.41. The lowest BCUT2D eigenvalue weighted by Gasteiger charge is -2.31. The van der Waals surface area contributed by atoms with Crippen LogP contribution >= 0.6 is 11.6 Å². The molecule has 0 saturated heterocycles. The molecule has 5 rings (SSSR count). The minimum absolute atomic E-state index is 0.102. The maximum absolute atomic E-state index is 13.3. The molecule has 9 nitrogen and oxygen atoms in total. The van der Waals surface area contributed by atoms with Gasteiger partial charge in [-0.1, -0.05) is 41.9 Å². The summed E-state index contributed by atoms with van der Waals surface area (Å²) >= 11 is 6.37. The topological polar surface area (TPSA) is 135 Å². The number of rotatable bonds is 6. The largest absolute Gasteiger partial charge is 0.393 e. The molecule has 2 aromatic carbocycles. The number of aromatic nitrogens is 3. The van der Waals surface area contributed by atoms with Crippen molar-refractivity contribution in [2.24, 2.45) is 0 Å². The van der Waals surface area contributed by atoms with E-state index in [4.69, 9.17) is 17.3 Å². The van der Waals surface area contributed by atoms with E-state index in [1.807, 2.05) is 30.3 Å². The Bertz CT molecular complexity index is 1430. The van der Waals surface area contributed by atoms with Gasteiger partial charge < -0.3 is 21.5 Å². The number of nitrogen functional groups attached to an aromatic ring is 1. The number of carbonyl (C=O) groups is 2. The number of nitrogens with one attached hydrogen (secondary N) is 2. The van der Waals surface area contributed by atoms with Crippen molar-refractivity contribution in [2.45, 2.75) is 25.0 Å². The zero-order valence-corrected chi connectivity index (χ0v) is 19.8. The molecule has 1 saturated carbocycles. The minimum Gasteiger partial charge on any atom is -0.393 e. The van der Waals surface area contributed by atoms with Crippen molar-refractivity contribution in [2.75, 3.05) is 11.1 Å². The average molecular weight is 503 g/mol. The standard InChI is InChI=1S/C26H23ClN6O3/c27-20-10-9-15(21-7-4-8-23(28)30-21)11-19(20)25(35)31-24-14-22(26(36)29-16-12-18(34)13-16)32-33(24)17-5-2-1-3-6-17/h1-11,14,16,18,34H,12-13H2,(H2,28,30)(H,29,36)(H,31,35). The molecular weight excluding hydrogens is 480 g/mol. The van der Waals surface area contributed by atoms with E-state index in [-0.39, 0.29) is 28.2 Å². The molecule has 0 radical (unpaired) electrons. The number of nitrogens with two attached hydrogens (primary N) is 1. The summed E-state index contributed by atoms with van der Waals surface area (Å²) in [6, 6.07) is 20.8. The Morgan fingerprint density at radius 1 is 1.00 bits per heavy atom.